The Labute approximate surface area is 128 Å². The van der Waals surface area contributed by atoms with E-state index in [1.54, 1.807) is 6.07 Å². The van der Waals surface area contributed by atoms with Crippen molar-refractivity contribution >= 4 is 21.9 Å². The number of carboxylic acid groups (broad SMARTS) is 1. The second-order valence-electron chi connectivity index (χ2n) is 4.16. The third-order valence-electron chi connectivity index (χ3n) is 2.74. The maximum absolute atomic E-state index is 13.7. The molecule has 0 aromatic heterocycles. The van der Waals surface area contributed by atoms with Crippen LogP contribution in [0.3, 0.4) is 0 Å². The molecule has 1 N–H and O–H groups in total. The lowest BCUT2D eigenvalue weighted by atomic mass is 10.1. The highest BCUT2D eigenvalue weighted by Crippen LogP contribution is 2.27. The van der Waals surface area contributed by atoms with Crippen molar-refractivity contribution < 1.29 is 19.0 Å². The van der Waals surface area contributed by atoms with Gasteiger partial charge < -0.3 is 9.84 Å². The summed E-state index contributed by atoms with van der Waals surface area (Å²) in [6.07, 6.45) is 0. The van der Waals surface area contributed by atoms with Gasteiger partial charge in [0.15, 0.2) is 0 Å². The molecule has 106 valence electrons. The van der Waals surface area contributed by atoms with Crippen LogP contribution in [0, 0.1) is 17.1 Å². The number of hydrogen-bond donors (Lipinski definition) is 1. The maximum Gasteiger partial charge on any atom is 0.335 e. The van der Waals surface area contributed by atoms with Gasteiger partial charge in [0, 0.05) is 5.56 Å². The normalized spacial score (nSPS) is 9.95. The van der Waals surface area contributed by atoms with E-state index in [9.17, 15) is 9.18 Å². The summed E-state index contributed by atoms with van der Waals surface area (Å²) >= 11 is 3.24. The zero-order valence-electron chi connectivity index (χ0n) is 10.6. The first-order valence-electron chi connectivity index (χ1n) is 5.85. The molecule has 2 aromatic rings. The first kappa shape index (κ1) is 15.0. The van der Waals surface area contributed by atoms with E-state index in [1.165, 1.54) is 24.3 Å². The Bertz CT molecular complexity index is 740. The van der Waals surface area contributed by atoms with Crippen molar-refractivity contribution in [2.24, 2.45) is 0 Å². The second kappa shape index (κ2) is 6.37. The van der Waals surface area contributed by atoms with E-state index in [-0.39, 0.29) is 23.3 Å². The van der Waals surface area contributed by atoms with Crippen LogP contribution in [0.4, 0.5) is 4.39 Å². The highest BCUT2D eigenvalue weighted by atomic mass is 79.9. The summed E-state index contributed by atoms with van der Waals surface area (Å²) in [4.78, 5) is 10.9. The highest BCUT2D eigenvalue weighted by molar-refractivity contribution is 9.10. The highest BCUT2D eigenvalue weighted by Gasteiger charge is 2.10. The van der Waals surface area contributed by atoms with Gasteiger partial charge in [-0.15, -0.1) is 0 Å². The fourth-order valence-electron chi connectivity index (χ4n) is 1.64. The van der Waals surface area contributed by atoms with E-state index in [1.807, 2.05) is 6.07 Å². The zero-order chi connectivity index (χ0) is 15.4. The summed E-state index contributed by atoms with van der Waals surface area (Å²) in [5, 5.41) is 17.6. The predicted octanol–water partition coefficient (Wildman–Crippen LogP) is 3.74. The molecule has 0 atom stereocenters. The first-order chi connectivity index (χ1) is 10.0. The largest absolute Gasteiger partial charge is 0.488 e. The number of carbonyl (C=O) groups is 1. The van der Waals surface area contributed by atoms with E-state index < -0.39 is 11.8 Å². The van der Waals surface area contributed by atoms with Crippen molar-refractivity contribution in [1.29, 1.82) is 5.26 Å². The molecule has 0 radical (unpaired) electrons. The minimum atomic E-state index is -1.07. The number of ether oxygens (including phenoxy) is 1. The Kier molecular flexibility index (Phi) is 4.55. The molecule has 0 spiro atoms. The lowest BCUT2D eigenvalue weighted by molar-refractivity contribution is 0.0696. The first-order valence-corrected chi connectivity index (χ1v) is 6.64. The average molecular weight is 350 g/mol. The smallest absolute Gasteiger partial charge is 0.335 e. The number of nitrogens with zero attached hydrogens (tertiary/aromatic N) is 1. The molecule has 6 heteroatoms. The number of benzene rings is 2. The standard InChI is InChI=1S/C15H9BrFNO3/c16-12-4-3-10(15(19)20)6-14(12)21-8-11-2-1-9(7-18)5-13(11)17/h1-6H,8H2,(H,19,20). The van der Waals surface area contributed by atoms with Crippen molar-refractivity contribution in [3.63, 3.8) is 0 Å². The topological polar surface area (TPSA) is 70.3 Å². The number of rotatable bonds is 4. The maximum atomic E-state index is 13.7. The van der Waals surface area contributed by atoms with Crippen LogP contribution >= 0.6 is 15.9 Å². The molecule has 0 amide bonds. The van der Waals surface area contributed by atoms with Crippen molar-refractivity contribution in [2.75, 3.05) is 0 Å². The third kappa shape index (κ3) is 3.58. The molecular weight excluding hydrogens is 341 g/mol. The summed E-state index contributed by atoms with van der Waals surface area (Å²) in [6, 6.07) is 10.3. The lowest BCUT2D eigenvalue weighted by Gasteiger charge is -2.10. The van der Waals surface area contributed by atoms with Gasteiger partial charge in [-0.1, -0.05) is 6.07 Å². The fourth-order valence-corrected chi connectivity index (χ4v) is 2.00. The molecule has 21 heavy (non-hydrogen) atoms. The van der Waals surface area contributed by atoms with E-state index in [0.29, 0.717) is 10.2 Å². The molecule has 0 unspecified atom stereocenters. The Hall–Kier alpha value is -2.39. The number of halogens is 2. The van der Waals surface area contributed by atoms with E-state index in [4.69, 9.17) is 15.1 Å². The molecular formula is C15H9BrFNO3. The van der Waals surface area contributed by atoms with Crippen molar-refractivity contribution in [2.45, 2.75) is 6.61 Å². The van der Waals surface area contributed by atoms with Gasteiger partial charge in [-0.3, -0.25) is 0 Å². The summed E-state index contributed by atoms with van der Waals surface area (Å²) in [5.74, 6) is -1.31. The Balaban J connectivity index is 2.18. The molecule has 4 nitrogen and oxygen atoms in total. The van der Waals surface area contributed by atoms with E-state index in [2.05, 4.69) is 15.9 Å². The van der Waals surface area contributed by atoms with Crippen LogP contribution in [0.25, 0.3) is 0 Å². The van der Waals surface area contributed by atoms with Gasteiger partial charge in [0.1, 0.15) is 18.2 Å². The molecule has 2 rings (SSSR count). The van der Waals surface area contributed by atoms with Crippen molar-refractivity contribution in [3.05, 3.63) is 63.4 Å². The molecule has 0 aliphatic rings. The van der Waals surface area contributed by atoms with Crippen LogP contribution < -0.4 is 4.74 Å². The summed E-state index contributed by atoms with van der Waals surface area (Å²) < 4.78 is 19.7. The van der Waals surface area contributed by atoms with E-state index in [0.717, 1.165) is 6.07 Å². The summed E-state index contributed by atoms with van der Waals surface area (Å²) in [7, 11) is 0. The third-order valence-corrected chi connectivity index (χ3v) is 3.40. The molecule has 0 aliphatic heterocycles. The molecule has 0 fully saturated rings. The minimum Gasteiger partial charge on any atom is -0.488 e. The average Bonchev–Trinajstić information content (AvgIpc) is 2.47. The minimum absolute atomic E-state index is 0.0702. The molecule has 0 saturated heterocycles. The van der Waals surface area contributed by atoms with Crippen molar-refractivity contribution in [1.82, 2.24) is 0 Å². The Morgan fingerprint density at radius 1 is 1.33 bits per heavy atom. The van der Waals surface area contributed by atoms with Crippen LogP contribution in [0.1, 0.15) is 21.5 Å². The van der Waals surface area contributed by atoms with Gasteiger partial charge in [-0.05, 0) is 46.3 Å². The quantitative estimate of drug-likeness (QED) is 0.912. The number of carboxylic acids is 1. The number of nitriles is 1. The molecule has 2 aromatic carbocycles. The van der Waals surface area contributed by atoms with Crippen LogP contribution in [0.5, 0.6) is 5.75 Å². The molecule has 0 heterocycles. The second-order valence-corrected chi connectivity index (χ2v) is 5.01. The molecule has 0 bridgehead atoms. The van der Waals surface area contributed by atoms with Gasteiger partial charge in [0.05, 0.1) is 21.7 Å². The lowest BCUT2D eigenvalue weighted by Crippen LogP contribution is -2.02. The van der Waals surface area contributed by atoms with Gasteiger partial charge in [0.25, 0.3) is 0 Å². The van der Waals surface area contributed by atoms with Gasteiger partial charge >= 0.3 is 5.97 Å². The summed E-state index contributed by atoms with van der Waals surface area (Å²) in [5.41, 5.74) is 0.584. The van der Waals surface area contributed by atoms with Crippen molar-refractivity contribution in [3.8, 4) is 11.8 Å². The number of aromatic carboxylic acids is 1. The zero-order valence-corrected chi connectivity index (χ0v) is 12.2. The molecule has 0 aliphatic carbocycles. The van der Waals surface area contributed by atoms with Gasteiger partial charge in [-0.25, -0.2) is 9.18 Å². The van der Waals surface area contributed by atoms with E-state index >= 15 is 0 Å². The monoisotopic (exact) mass is 349 g/mol. The summed E-state index contributed by atoms with van der Waals surface area (Å²) in [6.45, 7) is -0.0702. The fraction of sp³-hybridized carbons (Fsp3) is 0.0667. The van der Waals surface area contributed by atoms with Crippen LogP contribution in [0.2, 0.25) is 0 Å². The predicted molar refractivity (Wildman–Crippen MR) is 76.5 cm³/mol. The molecule has 0 saturated carbocycles. The van der Waals surface area contributed by atoms with Gasteiger partial charge in [0.2, 0.25) is 0 Å². The van der Waals surface area contributed by atoms with Crippen LogP contribution in [-0.2, 0) is 6.61 Å². The SMILES string of the molecule is N#Cc1ccc(COc2cc(C(=O)O)ccc2Br)c(F)c1. The van der Waals surface area contributed by atoms with Gasteiger partial charge in [-0.2, -0.15) is 5.26 Å². The number of hydrogen-bond acceptors (Lipinski definition) is 3. The van der Waals surface area contributed by atoms with Crippen LogP contribution in [-0.4, -0.2) is 11.1 Å². The Morgan fingerprint density at radius 3 is 2.71 bits per heavy atom. The Morgan fingerprint density at radius 2 is 2.10 bits per heavy atom. The van der Waals surface area contributed by atoms with Crippen LogP contribution in [0.15, 0.2) is 40.9 Å².